The number of benzene rings is 2. The summed E-state index contributed by atoms with van der Waals surface area (Å²) in [5.41, 5.74) is 2.08. The van der Waals surface area contributed by atoms with E-state index in [1.807, 2.05) is 25.1 Å². The van der Waals surface area contributed by atoms with Gasteiger partial charge in [0.25, 0.3) is 5.91 Å². The van der Waals surface area contributed by atoms with Crippen LogP contribution in [-0.4, -0.2) is 36.7 Å². The molecule has 8 heteroatoms. The van der Waals surface area contributed by atoms with Crippen molar-refractivity contribution in [2.24, 2.45) is 0 Å². The Bertz CT molecular complexity index is 903. The van der Waals surface area contributed by atoms with Crippen LogP contribution in [0, 0.1) is 6.92 Å². The van der Waals surface area contributed by atoms with Gasteiger partial charge in [0.15, 0.2) is 6.61 Å². The molecule has 2 aromatic carbocycles. The van der Waals surface area contributed by atoms with Gasteiger partial charge in [-0.2, -0.15) is 0 Å². The fraction of sp³-hybridized carbons (Fsp3) is 0.211. The number of amides is 2. The van der Waals surface area contributed by atoms with Gasteiger partial charge in [0.2, 0.25) is 5.91 Å². The molecule has 2 aromatic rings. The second kappa shape index (κ2) is 8.45. The summed E-state index contributed by atoms with van der Waals surface area (Å²) in [7, 11) is 0. The topological polar surface area (TPSA) is 75.7 Å². The zero-order chi connectivity index (χ0) is 19.4. The molecule has 2 amide bonds. The molecule has 1 aliphatic heterocycles. The fourth-order valence-electron chi connectivity index (χ4n) is 2.56. The number of carbonyl (C=O) groups is 3. The number of esters is 1. The lowest BCUT2D eigenvalue weighted by Gasteiger charge is -2.27. The lowest BCUT2D eigenvalue weighted by molar-refractivity contribution is -0.146. The Balaban J connectivity index is 1.55. The van der Waals surface area contributed by atoms with E-state index >= 15 is 0 Å². The van der Waals surface area contributed by atoms with Crippen molar-refractivity contribution in [2.45, 2.75) is 11.8 Å². The van der Waals surface area contributed by atoms with Crippen LogP contribution < -0.4 is 10.2 Å². The van der Waals surface area contributed by atoms with E-state index in [0.717, 1.165) is 10.5 Å². The lowest BCUT2D eigenvalue weighted by atomic mass is 10.2. The number of anilines is 2. The molecule has 0 radical (unpaired) electrons. The Kier molecular flexibility index (Phi) is 6.03. The molecule has 0 aliphatic carbocycles. The van der Waals surface area contributed by atoms with Gasteiger partial charge in [0.1, 0.15) is 6.54 Å². The van der Waals surface area contributed by atoms with Crippen LogP contribution in [0.4, 0.5) is 11.4 Å². The van der Waals surface area contributed by atoms with E-state index in [-0.39, 0.29) is 18.2 Å². The largest absolute Gasteiger partial charge is 0.454 e. The number of para-hydroxylation sites is 1. The van der Waals surface area contributed by atoms with Gasteiger partial charge < -0.3 is 10.1 Å². The Morgan fingerprint density at radius 1 is 1.26 bits per heavy atom. The van der Waals surface area contributed by atoms with Crippen LogP contribution in [0.1, 0.15) is 5.56 Å². The molecule has 0 aromatic heterocycles. The summed E-state index contributed by atoms with van der Waals surface area (Å²) in [5.74, 6) is -1.08. The smallest absolute Gasteiger partial charge is 0.326 e. The third kappa shape index (κ3) is 4.81. The first-order valence-electron chi connectivity index (χ1n) is 8.18. The Labute approximate surface area is 165 Å². The van der Waals surface area contributed by atoms with E-state index in [0.29, 0.717) is 16.4 Å². The standard InChI is InChI=1S/C19H17ClN2O4S/c1-12-6-7-14(13(20)8-12)21-17(23)10-26-19(25)9-22-15-4-2-3-5-16(15)27-11-18(22)24/h2-8H,9-11H2,1H3,(H,21,23). The highest BCUT2D eigenvalue weighted by Gasteiger charge is 2.26. The van der Waals surface area contributed by atoms with Crippen LogP contribution in [-0.2, 0) is 19.1 Å². The molecule has 1 heterocycles. The number of nitrogens with one attached hydrogen (secondary N) is 1. The SMILES string of the molecule is Cc1ccc(NC(=O)COC(=O)CN2C(=O)CSc3ccccc32)c(Cl)c1. The maximum absolute atomic E-state index is 12.1. The molecular formula is C19H17ClN2O4S. The highest BCUT2D eigenvalue weighted by atomic mass is 35.5. The third-order valence-electron chi connectivity index (χ3n) is 3.86. The van der Waals surface area contributed by atoms with Crippen molar-refractivity contribution in [3.05, 3.63) is 53.1 Å². The minimum Gasteiger partial charge on any atom is -0.454 e. The van der Waals surface area contributed by atoms with Gasteiger partial charge in [-0.05, 0) is 36.8 Å². The summed E-state index contributed by atoms with van der Waals surface area (Å²) in [6, 6.07) is 12.6. The molecule has 0 unspecified atom stereocenters. The number of nitrogens with zero attached hydrogens (tertiary/aromatic N) is 1. The minimum absolute atomic E-state index is 0.175. The predicted octanol–water partition coefficient (Wildman–Crippen LogP) is 3.27. The summed E-state index contributed by atoms with van der Waals surface area (Å²) >= 11 is 7.49. The van der Waals surface area contributed by atoms with Crippen molar-refractivity contribution in [1.29, 1.82) is 0 Å². The zero-order valence-electron chi connectivity index (χ0n) is 14.5. The highest BCUT2D eigenvalue weighted by molar-refractivity contribution is 8.00. The molecule has 1 N–H and O–H groups in total. The molecule has 0 atom stereocenters. The normalized spacial score (nSPS) is 13.1. The maximum Gasteiger partial charge on any atom is 0.326 e. The van der Waals surface area contributed by atoms with Gasteiger partial charge in [-0.15, -0.1) is 11.8 Å². The van der Waals surface area contributed by atoms with Crippen molar-refractivity contribution in [3.8, 4) is 0 Å². The molecule has 6 nitrogen and oxygen atoms in total. The number of fused-ring (bicyclic) bond motifs is 1. The minimum atomic E-state index is -0.657. The average molecular weight is 405 g/mol. The molecule has 3 rings (SSSR count). The Morgan fingerprint density at radius 3 is 2.81 bits per heavy atom. The second-order valence-corrected chi connectivity index (χ2v) is 7.35. The fourth-order valence-corrected chi connectivity index (χ4v) is 3.77. The predicted molar refractivity (Wildman–Crippen MR) is 105 cm³/mol. The van der Waals surface area contributed by atoms with Crippen molar-refractivity contribution in [1.82, 2.24) is 0 Å². The van der Waals surface area contributed by atoms with Gasteiger partial charge in [-0.3, -0.25) is 19.3 Å². The number of thioether (sulfide) groups is 1. The molecule has 1 aliphatic rings. The van der Waals surface area contributed by atoms with Gasteiger partial charge in [0, 0.05) is 4.90 Å². The zero-order valence-corrected chi connectivity index (χ0v) is 16.1. The summed E-state index contributed by atoms with van der Waals surface area (Å²) in [5, 5.41) is 2.99. The number of carbonyl (C=O) groups excluding carboxylic acids is 3. The van der Waals surface area contributed by atoms with Crippen molar-refractivity contribution >= 4 is 52.5 Å². The van der Waals surface area contributed by atoms with Crippen molar-refractivity contribution < 1.29 is 19.1 Å². The highest BCUT2D eigenvalue weighted by Crippen LogP contribution is 2.34. The Morgan fingerprint density at radius 2 is 2.04 bits per heavy atom. The quantitative estimate of drug-likeness (QED) is 0.774. The number of ether oxygens (including phenoxy) is 1. The van der Waals surface area contributed by atoms with Crippen molar-refractivity contribution in [2.75, 3.05) is 29.1 Å². The summed E-state index contributed by atoms with van der Waals surface area (Å²) in [4.78, 5) is 38.5. The average Bonchev–Trinajstić information content (AvgIpc) is 2.65. The van der Waals surface area contributed by atoms with Gasteiger partial charge in [0.05, 0.1) is 22.2 Å². The van der Waals surface area contributed by atoms with Crippen LogP contribution >= 0.6 is 23.4 Å². The molecule has 0 saturated heterocycles. The third-order valence-corrected chi connectivity index (χ3v) is 5.22. The number of hydrogen-bond acceptors (Lipinski definition) is 5. The number of halogens is 1. The maximum atomic E-state index is 12.1. The second-order valence-electron chi connectivity index (χ2n) is 5.93. The first-order valence-corrected chi connectivity index (χ1v) is 9.54. The summed E-state index contributed by atoms with van der Waals surface area (Å²) in [6.45, 7) is 1.19. The number of aryl methyl sites for hydroxylation is 1. The van der Waals surface area contributed by atoms with Crippen LogP contribution in [0.3, 0.4) is 0 Å². The first kappa shape index (κ1) is 19.3. The molecule has 27 heavy (non-hydrogen) atoms. The monoisotopic (exact) mass is 404 g/mol. The summed E-state index contributed by atoms with van der Waals surface area (Å²) in [6.07, 6.45) is 0. The van der Waals surface area contributed by atoms with Crippen LogP contribution in [0.15, 0.2) is 47.4 Å². The van der Waals surface area contributed by atoms with Crippen molar-refractivity contribution in [3.63, 3.8) is 0 Å². The van der Waals surface area contributed by atoms with Gasteiger partial charge in [-0.1, -0.05) is 29.8 Å². The number of rotatable bonds is 5. The molecular weight excluding hydrogens is 388 g/mol. The van der Waals surface area contributed by atoms with E-state index in [1.165, 1.54) is 16.7 Å². The molecule has 0 fully saturated rings. The molecule has 0 saturated carbocycles. The summed E-state index contributed by atoms with van der Waals surface area (Å²) < 4.78 is 5.01. The van der Waals surface area contributed by atoms with E-state index < -0.39 is 18.5 Å². The molecule has 140 valence electrons. The lowest BCUT2D eigenvalue weighted by Crippen LogP contribution is -2.40. The molecule has 0 spiro atoms. The number of hydrogen-bond donors (Lipinski definition) is 1. The van der Waals surface area contributed by atoms with Gasteiger partial charge in [-0.25, -0.2) is 0 Å². The van der Waals surface area contributed by atoms with E-state index in [1.54, 1.807) is 24.3 Å². The van der Waals surface area contributed by atoms with Crippen LogP contribution in [0.25, 0.3) is 0 Å². The first-order chi connectivity index (χ1) is 12.9. The van der Waals surface area contributed by atoms with Crippen LogP contribution in [0.2, 0.25) is 5.02 Å². The molecule has 0 bridgehead atoms. The van der Waals surface area contributed by atoms with Crippen LogP contribution in [0.5, 0.6) is 0 Å². The van der Waals surface area contributed by atoms with E-state index in [9.17, 15) is 14.4 Å². The Hall–Kier alpha value is -2.51. The van der Waals surface area contributed by atoms with E-state index in [4.69, 9.17) is 16.3 Å². The van der Waals surface area contributed by atoms with E-state index in [2.05, 4.69) is 5.32 Å². The van der Waals surface area contributed by atoms with Gasteiger partial charge >= 0.3 is 5.97 Å².